The quantitative estimate of drug-likeness (QED) is 0.817. The van der Waals surface area contributed by atoms with Crippen LogP contribution < -0.4 is 5.32 Å². The predicted molar refractivity (Wildman–Crippen MR) is 87.8 cm³/mol. The molecule has 2 rings (SSSR count). The van der Waals surface area contributed by atoms with Crippen LogP contribution in [0.1, 0.15) is 47.5 Å². The highest BCUT2D eigenvalue weighted by molar-refractivity contribution is 7.11. The molecule has 2 aromatic rings. The summed E-state index contributed by atoms with van der Waals surface area (Å²) in [6.07, 6.45) is 1.76. The molecule has 0 aliphatic rings. The van der Waals surface area contributed by atoms with Crippen LogP contribution in [0, 0.1) is 12.7 Å². The van der Waals surface area contributed by atoms with Crippen LogP contribution in [0.25, 0.3) is 0 Å². The zero-order chi connectivity index (χ0) is 15.4. The van der Waals surface area contributed by atoms with Gasteiger partial charge in [0.05, 0.1) is 10.7 Å². The van der Waals surface area contributed by atoms with E-state index in [2.05, 4.69) is 24.1 Å². The topological polar surface area (TPSA) is 24.9 Å². The lowest BCUT2D eigenvalue weighted by molar-refractivity contribution is 0.575. The SMILES string of the molecule is CCCNC(C)c1sc(Cc2ccc(F)cc2Cl)nc1C. The Labute approximate surface area is 134 Å². The zero-order valence-corrected chi connectivity index (χ0v) is 14.1. The molecule has 0 radical (unpaired) electrons. The lowest BCUT2D eigenvalue weighted by Crippen LogP contribution is -2.18. The monoisotopic (exact) mass is 326 g/mol. The van der Waals surface area contributed by atoms with Crippen molar-refractivity contribution in [2.75, 3.05) is 6.54 Å². The fraction of sp³-hybridized carbons (Fsp3) is 0.438. The number of nitrogens with zero attached hydrogens (tertiary/aromatic N) is 1. The van der Waals surface area contributed by atoms with Gasteiger partial charge >= 0.3 is 0 Å². The first kappa shape index (κ1) is 16.4. The first-order chi connectivity index (χ1) is 10.0. The second-order valence-corrected chi connectivity index (χ2v) is 6.67. The van der Waals surface area contributed by atoms with Crippen molar-refractivity contribution < 1.29 is 4.39 Å². The van der Waals surface area contributed by atoms with Crippen LogP contribution in [-0.2, 0) is 6.42 Å². The molecule has 5 heteroatoms. The Morgan fingerprint density at radius 3 is 2.86 bits per heavy atom. The summed E-state index contributed by atoms with van der Waals surface area (Å²) in [4.78, 5) is 5.89. The van der Waals surface area contributed by atoms with Crippen molar-refractivity contribution in [1.29, 1.82) is 0 Å². The summed E-state index contributed by atoms with van der Waals surface area (Å²) in [5.74, 6) is -0.308. The molecule has 114 valence electrons. The van der Waals surface area contributed by atoms with Gasteiger partial charge in [0.25, 0.3) is 0 Å². The van der Waals surface area contributed by atoms with Crippen molar-refractivity contribution in [1.82, 2.24) is 10.3 Å². The number of benzene rings is 1. The smallest absolute Gasteiger partial charge is 0.124 e. The van der Waals surface area contributed by atoms with Crippen LogP contribution in [0.15, 0.2) is 18.2 Å². The van der Waals surface area contributed by atoms with Crippen LogP contribution in [0.2, 0.25) is 5.02 Å². The van der Waals surface area contributed by atoms with Crippen LogP contribution in [0.4, 0.5) is 4.39 Å². The molecule has 1 heterocycles. The van der Waals surface area contributed by atoms with Gasteiger partial charge in [-0.05, 0) is 44.5 Å². The molecular formula is C16H20ClFN2S. The first-order valence-corrected chi connectivity index (χ1v) is 8.34. The van der Waals surface area contributed by atoms with E-state index in [1.54, 1.807) is 17.4 Å². The van der Waals surface area contributed by atoms with Gasteiger partial charge in [-0.3, -0.25) is 0 Å². The van der Waals surface area contributed by atoms with E-state index in [0.717, 1.165) is 29.2 Å². The Morgan fingerprint density at radius 1 is 1.43 bits per heavy atom. The number of hydrogen-bond acceptors (Lipinski definition) is 3. The summed E-state index contributed by atoms with van der Waals surface area (Å²) >= 11 is 7.78. The van der Waals surface area contributed by atoms with E-state index in [1.165, 1.54) is 17.0 Å². The van der Waals surface area contributed by atoms with Crippen molar-refractivity contribution in [2.24, 2.45) is 0 Å². The lowest BCUT2D eigenvalue weighted by atomic mass is 10.1. The average molecular weight is 327 g/mol. The van der Waals surface area contributed by atoms with Crippen LogP contribution >= 0.6 is 22.9 Å². The number of aryl methyl sites for hydroxylation is 1. The number of halogens is 2. The highest BCUT2D eigenvalue weighted by Gasteiger charge is 2.14. The van der Waals surface area contributed by atoms with E-state index < -0.39 is 0 Å². The third-order valence-electron chi connectivity index (χ3n) is 3.33. The molecule has 0 fully saturated rings. The van der Waals surface area contributed by atoms with E-state index in [9.17, 15) is 4.39 Å². The van der Waals surface area contributed by atoms with Crippen molar-refractivity contribution >= 4 is 22.9 Å². The van der Waals surface area contributed by atoms with Crippen LogP contribution in [0.3, 0.4) is 0 Å². The van der Waals surface area contributed by atoms with E-state index in [0.29, 0.717) is 17.5 Å². The number of nitrogens with one attached hydrogen (secondary N) is 1. The van der Waals surface area contributed by atoms with E-state index in [1.807, 2.05) is 6.92 Å². The Morgan fingerprint density at radius 2 is 2.19 bits per heavy atom. The van der Waals surface area contributed by atoms with Gasteiger partial charge in [0, 0.05) is 22.4 Å². The molecule has 2 nitrogen and oxygen atoms in total. The minimum atomic E-state index is -0.308. The summed E-state index contributed by atoms with van der Waals surface area (Å²) < 4.78 is 13.1. The van der Waals surface area contributed by atoms with Crippen molar-refractivity contribution in [3.63, 3.8) is 0 Å². The Balaban J connectivity index is 2.14. The molecule has 0 amide bonds. The number of rotatable bonds is 6. The van der Waals surface area contributed by atoms with E-state index in [4.69, 9.17) is 11.6 Å². The summed E-state index contributed by atoms with van der Waals surface area (Å²) in [5, 5.41) is 4.95. The third kappa shape index (κ3) is 4.25. The number of thiazole rings is 1. The summed E-state index contributed by atoms with van der Waals surface area (Å²) in [7, 11) is 0. The van der Waals surface area contributed by atoms with Gasteiger partial charge in [-0.1, -0.05) is 24.6 Å². The Kier molecular flexibility index (Phi) is 5.73. The van der Waals surface area contributed by atoms with Gasteiger partial charge < -0.3 is 5.32 Å². The van der Waals surface area contributed by atoms with Gasteiger partial charge in [0.1, 0.15) is 5.82 Å². The van der Waals surface area contributed by atoms with E-state index >= 15 is 0 Å². The summed E-state index contributed by atoms with van der Waals surface area (Å²) in [5.41, 5.74) is 1.97. The minimum absolute atomic E-state index is 0.305. The van der Waals surface area contributed by atoms with E-state index in [-0.39, 0.29) is 5.82 Å². The molecule has 0 bridgehead atoms. The van der Waals surface area contributed by atoms with Crippen molar-refractivity contribution in [3.8, 4) is 0 Å². The molecular weight excluding hydrogens is 307 g/mol. The first-order valence-electron chi connectivity index (χ1n) is 7.14. The molecule has 0 saturated heterocycles. The highest BCUT2D eigenvalue weighted by atomic mass is 35.5. The Hall–Kier alpha value is -0.970. The summed E-state index contributed by atoms with van der Waals surface area (Å²) in [6.45, 7) is 7.34. The maximum atomic E-state index is 13.1. The second kappa shape index (κ2) is 7.34. The standard InChI is InChI=1S/C16H20ClFN2S/c1-4-7-19-10(2)16-11(3)20-15(21-16)8-12-5-6-13(18)9-14(12)17/h5-6,9-10,19H,4,7-8H2,1-3H3. The molecule has 0 saturated carbocycles. The third-order valence-corrected chi connectivity index (χ3v) is 5.02. The minimum Gasteiger partial charge on any atom is -0.309 e. The van der Waals surface area contributed by atoms with Gasteiger partial charge in [0.15, 0.2) is 0 Å². The molecule has 1 aromatic carbocycles. The highest BCUT2D eigenvalue weighted by Crippen LogP contribution is 2.28. The maximum Gasteiger partial charge on any atom is 0.124 e. The predicted octanol–water partition coefficient (Wildman–Crippen LogP) is 4.90. The largest absolute Gasteiger partial charge is 0.309 e. The lowest BCUT2D eigenvalue weighted by Gasteiger charge is -2.11. The second-order valence-electron chi connectivity index (χ2n) is 5.15. The normalized spacial score (nSPS) is 12.6. The van der Waals surface area contributed by atoms with Gasteiger partial charge in [-0.2, -0.15) is 0 Å². The average Bonchev–Trinajstić information content (AvgIpc) is 2.80. The molecule has 21 heavy (non-hydrogen) atoms. The molecule has 0 spiro atoms. The maximum absolute atomic E-state index is 13.1. The molecule has 0 aliphatic carbocycles. The van der Waals surface area contributed by atoms with Crippen LogP contribution in [0.5, 0.6) is 0 Å². The molecule has 1 aromatic heterocycles. The van der Waals surface area contributed by atoms with Gasteiger partial charge in [-0.15, -0.1) is 11.3 Å². The van der Waals surface area contributed by atoms with Crippen LogP contribution in [-0.4, -0.2) is 11.5 Å². The van der Waals surface area contributed by atoms with Gasteiger partial charge in [0.2, 0.25) is 0 Å². The number of hydrogen-bond donors (Lipinski definition) is 1. The summed E-state index contributed by atoms with van der Waals surface area (Å²) in [6, 6.07) is 4.82. The fourth-order valence-electron chi connectivity index (χ4n) is 2.22. The molecule has 1 atom stereocenters. The number of aromatic nitrogens is 1. The molecule has 1 N–H and O–H groups in total. The molecule has 1 unspecified atom stereocenters. The zero-order valence-electron chi connectivity index (χ0n) is 12.5. The van der Waals surface area contributed by atoms with Gasteiger partial charge in [-0.25, -0.2) is 9.37 Å². The van der Waals surface area contributed by atoms with Crippen molar-refractivity contribution in [3.05, 3.63) is 50.2 Å². The van der Waals surface area contributed by atoms with Crippen molar-refractivity contribution in [2.45, 2.75) is 39.7 Å². The fourth-order valence-corrected chi connectivity index (χ4v) is 3.58. The molecule has 0 aliphatic heterocycles. The Bertz CT molecular complexity index is 612.